The Labute approximate surface area is 116 Å². The van der Waals surface area contributed by atoms with Gasteiger partial charge in [0.1, 0.15) is 0 Å². The van der Waals surface area contributed by atoms with E-state index in [0.717, 1.165) is 14.3 Å². The minimum Gasteiger partial charge on any atom is -0.476 e. The number of nitrogens with zero attached hydrogens (tertiary/aromatic N) is 1. The normalized spacial score (nSPS) is 11.0. The van der Waals surface area contributed by atoms with Crippen LogP contribution < -0.4 is 4.74 Å². The van der Waals surface area contributed by atoms with E-state index in [9.17, 15) is 4.79 Å². The van der Waals surface area contributed by atoms with Crippen LogP contribution in [-0.2, 0) is 0 Å². The monoisotopic (exact) mass is 295 g/mol. The molecular weight excluding hydrogens is 286 g/mol. The van der Waals surface area contributed by atoms with Crippen LogP contribution in [0.3, 0.4) is 0 Å². The van der Waals surface area contributed by atoms with Crippen molar-refractivity contribution in [2.45, 2.75) is 6.92 Å². The lowest BCUT2D eigenvalue weighted by molar-refractivity contribution is 0.0683. The Morgan fingerprint density at radius 1 is 1.53 bits per heavy atom. The second kappa shape index (κ2) is 4.67. The highest BCUT2D eigenvalue weighted by atomic mass is 32.1. The fraction of sp³-hybridized carbons (Fsp3) is 0.167. The second-order valence-corrected chi connectivity index (χ2v) is 5.68. The largest absolute Gasteiger partial charge is 0.476 e. The summed E-state index contributed by atoms with van der Waals surface area (Å²) in [5, 5.41) is 11.1. The summed E-state index contributed by atoms with van der Waals surface area (Å²) >= 11 is 3.14. The molecule has 3 heterocycles. The van der Waals surface area contributed by atoms with Gasteiger partial charge in [-0.15, -0.1) is 22.7 Å². The number of ether oxygens (including phenoxy) is 1. The van der Waals surface area contributed by atoms with Crippen molar-refractivity contribution in [2.24, 2.45) is 0 Å². The molecule has 0 saturated heterocycles. The van der Waals surface area contributed by atoms with Crippen molar-refractivity contribution < 1.29 is 19.1 Å². The predicted octanol–water partition coefficient (Wildman–Crippen LogP) is 3.71. The molecule has 0 amide bonds. The highest BCUT2D eigenvalue weighted by molar-refractivity contribution is 7.28. The SMILES string of the molecule is CCOc1oc(-c2cc3sccc3s2)nc1C(=O)O. The first kappa shape index (κ1) is 12.2. The van der Waals surface area contributed by atoms with Gasteiger partial charge in [-0.05, 0) is 24.4 Å². The molecule has 0 unspecified atom stereocenters. The summed E-state index contributed by atoms with van der Waals surface area (Å²) in [7, 11) is 0. The van der Waals surface area contributed by atoms with Crippen LogP contribution in [0.1, 0.15) is 17.4 Å². The summed E-state index contributed by atoms with van der Waals surface area (Å²) in [5.41, 5.74) is -0.186. The van der Waals surface area contributed by atoms with E-state index in [1.807, 2.05) is 17.5 Å². The highest BCUT2D eigenvalue weighted by Crippen LogP contribution is 2.37. The van der Waals surface area contributed by atoms with E-state index in [-0.39, 0.29) is 17.5 Å². The van der Waals surface area contributed by atoms with Gasteiger partial charge >= 0.3 is 11.9 Å². The molecule has 19 heavy (non-hydrogen) atoms. The molecule has 0 bridgehead atoms. The van der Waals surface area contributed by atoms with Crippen LogP contribution in [0.2, 0.25) is 0 Å². The van der Waals surface area contributed by atoms with Crippen molar-refractivity contribution >= 4 is 38.0 Å². The summed E-state index contributed by atoms with van der Waals surface area (Å²) < 4.78 is 12.8. The van der Waals surface area contributed by atoms with E-state index < -0.39 is 5.97 Å². The van der Waals surface area contributed by atoms with Gasteiger partial charge < -0.3 is 14.3 Å². The van der Waals surface area contributed by atoms with E-state index in [2.05, 4.69) is 4.98 Å². The molecular formula is C12H9NO4S2. The number of carboxylic acid groups (broad SMARTS) is 1. The number of hydrogen-bond donors (Lipinski definition) is 1. The van der Waals surface area contributed by atoms with Crippen molar-refractivity contribution in [3.63, 3.8) is 0 Å². The lowest BCUT2D eigenvalue weighted by Gasteiger charge is -1.96. The number of carboxylic acids is 1. The summed E-state index contributed by atoms with van der Waals surface area (Å²) in [6.45, 7) is 2.09. The summed E-state index contributed by atoms with van der Waals surface area (Å²) in [6.07, 6.45) is 0. The quantitative estimate of drug-likeness (QED) is 0.794. The third-order valence-electron chi connectivity index (χ3n) is 2.42. The molecule has 3 aromatic heterocycles. The van der Waals surface area contributed by atoms with Gasteiger partial charge in [-0.25, -0.2) is 4.79 Å². The third-order valence-corrected chi connectivity index (χ3v) is 4.51. The first-order valence-corrected chi connectivity index (χ1v) is 7.23. The Bertz CT molecular complexity index is 711. The standard InChI is InChI=1S/C12H9NO4S2/c1-2-16-12-9(11(14)15)13-10(17-12)8-5-7-6(19-8)3-4-18-7/h3-5H,2H2,1H3,(H,14,15). The zero-order valence-electron chi connectivity index (χ0n) is 9.87. The molecule has 0 fully saturated rings. The number of hydrogen-bond acceptors (Lipinski definition) is 6. The van der Waals surface area contributed by atoms with Crippen LogP contribution in [0, 0.1) is 0 Å². The molecule has 0 saturated carbocycles. The fourth-order valence-electron chi connectivity index (χ4n) is 1.65. The number of aromatic nitrogens is 1. The Balaban J connectivity index is 2.07. The highest BCUT2D eigenvalue weighted by Gasteiger charge is 2.22. The molecule has 3 rings (SSSR count). The van der Waals surface area contributed by atoms with Crippen molar-refractivity contribution in [3.05, 3.63) is 23.2 Å². The van der Waals surface area contributed by atoms with Crippen LogP contribution in [0.15, 0.2) is 21.9 Å². The number of oxazole rings is 1. The van der Waals surface area contributed by atoms with Crippen LogP contribution >= 0.6 is 22.7 Å². The van der Waals surface area contributed by atoms with Gasteiger partial charge in [-0.3, -0.25) is 0 Å². The average Bonchev–Trinajstić information content (AvgIpc) is 2.99. The van der Waals surface area contributed by atoms with Crippen molar-refractivity contribution in [1.82, 2.24) is 4.98 Å². The zero-order valence-corrected chi connectivity index (χ0v) is 11.5. The topological polar surface area (TPSA) is 72.6 Å². The van der Waals surface area contributed by atoms with E-state index >= 15 is 0 Å². The molecule has 0 aliphatic heterocycles. The van der Waals surface area contributed by atoms with Crippen molar-refractivity contribution in [2.75, 3.05) is 6.61 Å². The summed E-state index contributed by atoms with van der Waals surface area (Å²) in [6, 6.07) is 3.95. The molecule has 0 spiro atoms. The predicted molar refractivity (Wildman–Crippen MR) is 73.3 cm³/mol. The summed E-state index contributed by atoms with van der Waals surface area (Å²) in [4.78, 5) is 15.9. The number of carbonyl (C=O) groups is 1. The van der Waals surface area contributed by atoms with Gasteiger partial charge in [0.05, 0.1) is 11.5 Å². The van der Waals surface area contributed by atoms with Gasteiger partial charge in [0.25, 0.3) is 0 Å². The lowest BCUT2D eigenvalue weighted by atomic mass is 10.4. The lowest BCUT2D eigenvalue weighted by Crippen LogP contribution is -2.01. The van der Waals surface area contributed by atoms with E-state index in [1.165, 1.54) is 11.3 Å². The molecule has 0 radical (unpaired) electrons. The van der Waals surface area contributed by atoms with Crippen molar-refractivity contribution in [3.8, 4) is 16.7 Å². The first-order chi connectivity index (χ1) is 9.19. The maximum Gasteiger partial charge on any atom is 0.362 e. The van der Waals surface area contributed by atoms with Crippen LogP contribution in [0.4, 0.5) is 0 Å². The molecule has 0 atom stereocenters. The van der Waals surface area contributed by atoms with Gasteiger partial charge in [0.2, 0.25) is 11.6 Å². The van der Waals surface area contributed by atoms with E-state index in [0.29, 0.717) is 6.61 Å². The molecule has 0 aliphatic rings. The third kappa shape index (κ3) is 2.11. The second-order valence-electron chi connectivity index (χ2n) is 3.65. The Hall–Kier alpha value is -1.86. The summed E-state index contributed by atoms with van der Waals surface area (Å²) in [5.74, 6) is -0.909. The average molecular weight is 295 g/mol. The molecule has 0 aliphatic carbocycles. The first-order valence-electron chi connectivity index (χ1n) is 5.53. The van der Waals surface area contributed by atoms with Crippen LogP contribution in [0.5, 0.6) is 5.95 Å². The molecule has 0 aromatic carbocycles. The van der Waals surface area contributed by atoms with Gasteiger partial charge in [0.15, 0.2) is 0 Å². The van der Waals surface area contributed by atoms with Gasteiger partial charge in [0, 0.05) is 9.40 Å². The molecule has 3 aromatic rings. The van der Waals surface area contributed by atoms with Crippen molar-refractivity contribution in [1.29, 1.82) is 0 Å². The molecule has 7 heteroatoms. The number of rotatable bonds is 4. The Morgan fingerprint density at radius 3 is 3.05 bits per heavy atom. The van der Waals surface area contributed by atoms with Crippen LogP contribution in [0.25, 0.3) is 20.2 Å². The van der Waals surface area contributed by atoms with Gasteiger partial charge in [-0.2, -0.15) is 4.98 Å². The number of thiophene rings is 2. The Kier molecular flexibility index (Phi) is 3.00. The Morgan fingerprint density at radius 2 is 2.37 bits per heavy atom. The molecule has 1 N–H and O–H groups in total. The maximum atomic E-state index is 11.1. The zero-order chi connectivity index (χ0) is 13.4. The number of aromatic carboxylic acids is 1. The molecule has 98 valence electrons. The minimum absolute atomic E-state index is 0.0400. The van der Waals surface area contributed by atoms with E-state index in [1.54, 1.807) is 18.3 Å². The van der Waals surface area contributed by atoms with Gasteiger partial charge in [-0.1, -0.05) is 0 Å². The maximum absolute atomic E-state index is 11.1. The van der Waals surface area contributed by atoms with E-state index in [4.69, 9.17) is 14.3 Å². The smallest absolute Gasteiger partial charge is 0.362 e. The molecule has 5 nitrogen and oxygen atoms in total. The number of fused-ring (bicyclic) bond motifs is 1. The van der Waals surface area contributed by atoms with Crippen LogP contribution in [-0.4, -0.2) is 22.7 Å². The minimum atomic E-state index is -1.16. The fourth-order valence-corrected chi connectivity index (χ4v) is 3.68.